The van der Waals surface area contributed by atoms with Crippen LogP contribution in [0.5, 0.6) is 5.75 Å². The molecule has 0 aliphatic heterocycles. The van der Waals surface area contributed by atoms with Crippen molar-refractivity contribution >= 4 is 23.1 Å². The summed E-state index contributed by atoms with van der Waals surface area (Å²) in [6, 6.07) is 12.4. The van der Waals surface area contributed by atoms with Crippen molar-refractivity contribution in [3.8, 4) is 11.4 Å². The SMILES string of the molecule is CCOc1ccc(-n2c(=S)[nH]c3ccccc3c2=O)cc1CO. The fourth-order valence-corrected chi connectivity index (χ4v) is 2.82. The minimum atomic E-state index is -0.197. The summed E-state index contributed by atoms with van der Waals surface area (Å²) in [5.74, 6) is 0.600. The number of aliphatic hydroxyl groups excluding tert-OH is 1. The number of para-hydroxylation sites is 1. The molecule has 0 amide bonds. The summed E-state index contributed by atoms with van der Waals surface area (Å²) in [5.41, 5.74) is 1.71. The fourth-order valence-electron chi connectivity index (χ4n) is 2.52. The zero-order valence-corrected chi connectivity index (χ0v) is 13.4. The quantitative estimate of drug-likeness (QED) is 0.723. The Kier molecular flexibility index (Phi) is 4.27. The van der Waals surface area contributed by atoms with Gasteiger partial charge in [-0.05, 0) is 49.5 Å². The van der Waals surface area contributed by atoms with E-state index in [0.717, 1.165) is 0 Å². The lowest BCUT2D eigenvalue weighted by Crippen LogP contribution is -2.20. The molecule has 3 aromatic rings. The van der Waals surface area contributed by atoms with Crippen LogP contribution in [-0.4, -0.2) is 21.3 Å². The summed E-state index contributed by atoms with van der Waals surface area (Å²) >= 11 is 5.33. The third kappa shape index (κ3) is 2.78. The number of aromatic nitrogens is 2. The number of nitrogens with one attached hydrogen (secondary N) is 1. The Morgan fingerprint density at radius 2 is 2.04 bits per heavy atom. The Balaban J connectivity index is 2.25. The Morgan fingerprint density at radius 3 is 2.78 bits per heavy atom. The van der Waals surface area contributed by atoms with Gasteiger partial charge in [0.15, 0.2) is 4.77 Å². The molecule has 6 heteroatoms. The number of nitrogens with zero attached hydrogens (tertiary/aromatic N) is 1. The normalized spacial score (nSPS) is 10.9. The largest absolute Gasteiger partial charge is 0.494 e. The first-order valence-electron chi connectivity index (χ1n) is 7.26. The van der Waals surface area contributed by atoms with E-state index in [1.165, 1.54) is 4.57 Å². The van der Waals surface area contributed by atoms with Crippen LogP contribution in [-0.2, 0) is 6.61 Å². The molecular formula is C17H16N2O3S. The number of hydrogen-bond acceptors (Lipinski definition) is 4. The number of fused-ring (bicyclic) bond motifs is 1. The molecular weight excluding hydrogens is 312 g/mol. The van der Waals surface area contributed by atoms with Crippen molar-refractivity contribution in [1.29, 1.82) is 0 Å². The van der Waals surface area contributed by atoms with Crippen molar-refractivity contribution in [2.75, 3.05) is 6.61 Å². The van der Waals surface area contributed by atoms with Gasteiger partial charge < -0.3 is 14.8 Å². The second kappa shape index (κ2) is 6.36. The van der Waals surface area contributed by atoms with Crippen LogP contribution in [0.2, 0.25) is 0 Å². The van der Waals surface area contributed by atoms with E-state index in [-0.39, 0.29) is 12.2 Å². The first-order valence-corrected chi connectivity index (χ1v) is 7.67. The number of benzene rings is 2. The molecule has 0 saturated carbocycles. The van der Waals surface area contributed by atoms with Crippen molar-refractivity contribution < 1.29 is 9.84 Å². The molecule has 0 unspecified atom stereocenters. The standard InChI is InChI=1S/C17H16N2O3S/c1-2-22-15-8-7-12(9-11(15)10-20)19-16(21)13-5-3-4-6-14(13)18-17(19)23/h3-9,20H,2,10H2,1H3,(H,18,23). The maximum absolute atomic E-state index is 12.7. The smallest absolute Gasteiger partial charge is 0.266 e. The molecule has 2 aromatic carbocycles. The summed E-state index contributed by atoms with van der Waals surface area (Å²) < 4.78 is 7.20. The molecule has 2 N–H and O–H groups in total. The van der Waals surface area contributed by atoms with E-state index in [1.54, 1.807) is 24.3 Å². The van der Waals surface area contributed by atoms with Gasteiger partial charge in [-0.1, -0.05) is 12.1 Å². The summed E-state index contributed by atoms with van der Waals surface area (Å²) in [7, 11) is 0. The van der Waals surface area contributed by atoms with E-state index in [9.17, 15) is 9.90 Å². The van der Waals surface area contributed by atoms with Crippen molar-refractivity contribution in [2.24, 2.45) is 0 Å². The molecule has 0 saturated heterocycles. The van der Waals surface area contributed by atoms with Crippen LogP contribution in [0.15, 0.2) is 47.3 Å². The summed E-state index contributed by atoms with van der Waals surface area (Å²) in [6.07, 6.45) is 0. The summed E-state index contributed by atoms with van der Waals surface area (Å²) in [4.78, 5) is 15.8. The topological polar surface area (TPSA) is 67.2 Å². The number of H-pyrrole nitrogens is 1. The van der Waals surface area contributed by atoms with Gasteiger partial charge in [-0.3, -0.25) is 9.36 Å². The van der Waals surface area contributed by atoms with Crippen LogP contribution >= 0.6 is 12.2 Å². The van der Waals surface area contributed by atoms with Gasteiger partial charge in [-0.15, -0.1) is 0 Å². The Hall–Kier alpha value is -2.44. The van der Waals surface area contributed by atoms with E-state index in [2.05, 4.69) is 4.98 Å². The van der Waals surface area contributed by atoms with Crippen molar-refractivity contribution in [3.63, 3.8) is 0 Å². The van der Waals surface area contributed by atoms with E-state index >= 15 is 0 Å². The molecule has 23 heavy (non-hydrogen) atoms. The van der Waals surface area contributed by atoms with Crippen molar-refractivity contribution in [2.45, 2.75) is 13.5 Å². The number of aliphatic hydroxyl groups is 1. The van der Waals surface area contributed by atoms with Crippen molar-refractivity contribution in [3.05, 3.63) is 63.2 Å². The lowest BCUT2D eigenvalue weighted by molar-refractivity contribution is 0.267. The molecule has 0 aliphatic carbocycles. The lowest BCUT2D eigenvalue weighted by Gasteiger charge is -2.12. The average molecular weight is 328 g/mol. The summed E-state index contributed by atoms with van der Waals surface area (Å²) in [5, 5.41) is 10.1. The molecule has 5 nitrogen and oxygen atoms in total. The van der Waals surface area contributed by atoms with Gasteiger partial charge in [-0.2, -0.15) is 0 Å². The highest BCUT2D eigenvalue weighted by molar-refractivity contribution is 7.71. The molecule has 0 radical (unpaired) electrons. The van der Waals surface area contributed by atoms with Crippen LogP contribution in [0.25, 0.3) is 16.6 Å². The van der Waals surface area contributed by atoms with Gasteiger partial charge in [0.1, 0.15) is 5.75 Å². The monoisotopic (exact) mass is 328 g/mol. The van der Waals surface area contributed by atoms with E-state index < -0.39 is 0 Å². The van der Waals surface area contributed by atoms with Crippen molar-refractivity contribution in [1.82, 2.24) is 9.55 Å². The van der Waals surface area contributed by atoms with Gasteiger partial charge in [0.25, 0.3) is 5.56 Å². The summed E-state index contributed by atoms with van der Waals surface area (Å²) in [6.45, 7) is 2.20. The minimum absolute atomic E-state index is 0.179. The highest BCUT2D eigenvalue weighted by Crippen LogP contribution is 2.22. The molecule has 0 atom stereocenters. The van der Waals surface area contributed by atoms with E-state index in [4.69, 9.17) is 17.0 Å². The predicted molar refractivity (Wildman–Crippen MR) is 91.8 cm³/mol. The van der Waals surface area contributed by atoms with Gasteiger partial charge >= 0.3 is 0 Å². The molecule has 0 spiro atoms. The fraction of sp³-hybridized carbons (Fsp3) is 0.176. The second-order valence-corrected chi connectivity index (χ2v) is 5.39. The highest BCUT2D eigenvalue weighted by atomic mass is 32.1. The van der Waals surface area contributed by atoms with Crippen LogP contribution < -0.4 is 10.3 Å². The number of aromatic amines is 1. The molecule has 1 aromatic heterocycles. The Morgan fingerprint density at radius 1 is 1.26 bits per heavy atom. The van der Waals surface area contributed by atoms with Gasteiger partial charge in [0.2, 0.25) is 0 Å². The zero-order valence-electron chi connectivity index (χ0n) is 12.6. The van der Waals surface area contributed by atoms with Crippen LogP contribution in [0.4, 0.5) is 0 Å². The molecule has 0 aliphatic rings. The molecule has 3 rings (SSSR count). The molecule has 1 heterocycles. The Labute approximate surface area is 137 Å². The first kappa shape index (κ1) is 15.5. The molecule has 118 valence electrons. The molecule has 0 fully saturated rings. The van der Waals surface area contributed by atoms with Gasteiger partial charge in [0, 0.05) is 5.56 Å². The second-order valence-electron chi connectivity index (χ2n) is 5.00. The highest BCUT2D eigenvalue weighted by Gasteiger charge is 2.10. The van der Waals surface area contributed by atoms with Gasteiger partial charge in [0.05, 0.1) is 29.8 Å². The number of ether oxygens (including phenoxy) is 1. The Bertz CT molecular complexity index is 975. The molecule has 0 bridgehead atoms. The van der Waals surface area contributed by atoms with Crippen LogP contribution in [0, 0.1) is 4.77 Å². The number of rotatable bonds is 4. The maximum atomic E-state index is 12.7. The minimum Gasteiger partial charge on any atom is -0.494 e. The van der Waals surface area contributed by atoms with E-state index in [1.807, 2.05) is 25.1 Å². The van der Waals surface area contributed by atoms with Gasteiger partial charge in [-0.25, -0.2) is 0 Å². The lowest BCUT2D eigenvalue weighted by atomic mass is 10.1. The third-order valence-corrected chi connectivity index (χ3v) is 3.86. The van der Waals surface area contributed by atoms with E-state index in [0.29, 0.717) is 39.3 Å². The zero-order chi connectivity index (χ0) is 16.4. The third-order valence-electron chi connectivity index (χ3n) is 3.58. The maximum Gasteiger partial charge on any atom is 0.266 e. The predicted octanol–water partition coefficient (Wildman–Crippen LogP) is 2.94. The average Bonchev–Trinajstić information content (AvgIpc) is 2.56. The van der Waals surface area contributed by atoms with Crippen LogP contribution in [0.3, 0.4) is 0 Å². The van der Waals surface area contributed by atoms with Crippen LogP contribution in [0.1, 0.15) is 12.5 Å². The first-order chi connectivity index (χ1) is 11.2. The number of hydrogen-bond donors (Lipinski definition) is 2.